The van der Waals surface area contributed by atoms with Crippen molar-refractivity contribution in [2.75, 3.05) is 4.90 Å². The lowest BCUT2D eigenvalue weighted by molar-refractivity contribution is -0.137. The first kappa shape index (κ1) is 17.6. The van der Waals surface area contributed by atoms with Crippen LogP contribution in [0.15, 0.2) is 42.5 Å². The van der Waals surface area contributed by atoms with Gasteiger partial charge in [-0.15, -0.1) is 0 Å². The van der Waals surface area contributed by atoms with E-state index in [0.29, 0.717) is 6.07 Å². The molecule has 24 heavy (non-hydrogen) atoms. The van der Waals surface area contributed by atoms with Gasteiger partial charge in [-0.2, -0.15) is 13.2 Å². The van der Waals surface area contributed by atoms with Crippen LogP contribution in [-0.2, 0) is 6.18 Å². The average molecular weight is 359 g/mol. The van der Waals surface area contributed by atoms with Crippen molar-refractivity contribution >= 4 is 35.0 Å². The Balaban J connectivity index is 2.52. The highest BCUT2D eigenvalue weighted by Gasteiger charge is 2.34. The summed E-state index contributed by atoms with van der Waals surface area (Å²) in [6, 6.07) is 6.79. The van der Waals surface area contributed by atoms with E-state index in [1.54, 1.807) is 0 Å². The second kappa shape index (κ2) is 6.40. The molecular formula is C15H10ClF3N2O3. The first-order chi connectivity index (χ1) is 11.1. The fourth-order valence-electron chi connectivity index (χ4n) is 2.03. The number of urea groups is 1. The number of rotatable bonds is 3. The molecule has 2 aromatic carbocycles. The van der Waals surface area contributed by atoms with Gasteiger partial charge < -0.3 is 10.8 Å². The van der Waals surface area contributed by atoms with Gasteiger partial charge in [0.1, 0.15) is 0 Å². The molecule has 0 bridgehead atoms. The molecule has 0 spiro atoms. The van der Waals surface area contributed by atoms with Crippen molar-refractivity contribution in [1.29, 1.82) is 0 Å². The van der Waals surface area contributed by atoms with Crippen LogP contribution in [0.3, 0.4) is 0 Å². The van der Waals surface area contributed by atoms with Crippen LogP contribution in [0.25, 0.3) is 0 Å². The van der Waals surface area contributed by atoms with Gasteiger partial charge in [0.2, 0.25) is 0 Å². The molecule has 0 atom stereocenters. The fraction of sp³-hybridized carbons (Fsp3) is 0.0667. The molecule has 0 aliphatic heterocycles. The molecule has 0 aromatic heterocycles. The first-order valence-electron chi connectivity index (χ1n) is 6.41. The van der Waals surface area contributed by atoms with E-state index in [0.717, 1.165) is 11.0 Å². The Bertz CT molecular complexity index is 792. The van der Waals surface area contributed by atoms with Crippen molar-refractivity contribution in [2.45, 2.75) is 6.18 Å². The van der Waals surface area contributed by atoms with E-state index in [1.165, 1.54) is 30.3 Å². The van der Waals surface area contributed by atoms with E-state index in [4.69, 9.17) is 22.4 Å². The normalized spacial score (nSPS) is 11.2. The number of alkyl halides is 3. The summed E-state index contributed by atoms with van der Waals surface area (Å²) in [5.41, 5.74) is 4.05. The van der Waals surface area contributed by atoms with Crippen LogP contribution in [0, 0.1) is 0 Å². The second-order valence-corrected chi connectivity index (χ2v) is 5.09. The number of nitrogens with zero attached hydrogens (tertiary/aromatic N) is 1. The average Bonchev–Trinajstić information content (AvgIpc) is 2.48. The van der Waals surface area contributed by atoms with Crippen molar-refractivity contribution in [3.05, 3.63) is 58.6 Å². The molecule has 126 valence electrons. The maximum absolute atomic E-state index is 13.0. The smallest absolute Gasteiger partial charge is 0.417 e. The van der Waals surface area contributed by atoms with Gasteiger partial charge in [-0.1, -0.05) is 11.6 Å². The summed E-state index contributed by atoms with van der Waals surface area (Å²) < 4.78 is 38.9. The van der Waals surface area contributed by atoms with Crippen LogP contribution < -0.4 is 10.6 Å². The fourth-order valence-corrected chi connectivity index (χ4v) is 2.25. The number of halogens is 4. The Hall–Kier alpha value is -2.74. The summed E-state index contributed by atoms with van der Waals surface area (Å²) in [6.45, 7) is 0. The lowest BCUT2D eigenvalue weighted by Crippen LogP contribution is -2.31. The third-order valence-corrected chi connectivity index (χ3v) is 3.44. The highest BCUT2D eigenvalue weighted by molar-refractivity contribution is 6.31. The molecule has 5 nitrogen and oxygen atoms in total. The molecule has 0 aliphatic rings. The van der Waals surface area contributed by atoms with E-state index in [2.05, 4.69) is 0 Å². The SMILES string of the molecule is NC(=O)N(c1ccc(C(=O)O)cc1)c1ccc(Cl)c(C(F)(F)F)c1. The number of nitrogens with two attached hydrogens (primary N) is 1. The predicted molar refractivity (Wildman–Crippen MR) is 81.6 cm³/mol. The molecule has 0 fully saturated rings. The number of primary amides is 1. The standard InChI is InChI=1S/C15H10ClF3N2O3/c16-12-6-5-10(7-11(12)15(17,18)19)21(14(20)24)9-3-1-8(2-4-9)13(22)23/h1-7H,(H2,20,24)(H,22,23). The van der Waals surface area contributed by atoms with Gasteiger partial charge in [0.05, 0.1) is 27.5 Å². The maximum atomic E-state index is 13.0. The monoisotopic (exact) mass is 358 g/mol. The molecule has 0 unspecified atom stereocenters. The van der Waals surface area contributed by atoms with Crippen LogP contribution in [0.4, 0.5) is 29.3 Å². The topological polar surface area (TPSA) is 83.6 Å². The Morgan fingerprint density at radius 2 is 1.58 bits per heavy atom. The largest absolute Gasteiger partial charge is 0.478 e. The van der Waals surface area contributed by atoms with Crippen LogP contribution in [0.5, 0.6) is 0 Å². The third kappa shape index (κ3) is 3.60. The highest BCUT2D eigenvalue weighted by atomic mass is 35.5. The molecule has 0 aliphatic carbocycles. The van der Waals surface area contributed by atoms with Crippen LogP contribution >= 0.6 is 11.6 Å². The minimum absolute atomic E-state index is 0.0461. The molecule has 0 radical (unpaired) electrons. The number of anilines is 2. The number of amides is 2. The van der Waals surface area contributed by atoms with Gasteiger partial charge >= 0.3 is 18.2 Å². The van der Waals surface area contributed by atoms with E-state index in [1.807, 2.05) is 0 Å². The maximum Gasteiger partial charge on any atom is 0.417 e. The van der Waals surface area contributed by atoms with Crippen molar-refractivity contribution in [3.63, 3.8) is 0 Å². The molecule has 9 heteroatoms. The van der Waals surface area contributed by atoms with Crippen molar-refractivity contribution < 1.29 is 27.9 Å². The molecule has 2 aromatic rings. The molecule has 2 rings (SSSR count). The van der Waals surface area contributed by atoms with Gasteiger partial charge in [-0.25, -0.2) is 9.59 Å². The Labute approximate surface area is 139 Å². The first-order valence-corrected chi connectivity index (χ1v) is 6.78. The number of hydrogen-bond donors (Lipinski definition) is 2. The number of carboxylic acid groups (broad SMARTS) is 1. The zero-order chi connectivity index (χ0) is 18.1. The number of aromatic carboxylic acids is 1. The Kier molecular flexibility index (Phi) is 4.70. The molecule has 0 heterocycles. The predicted octanol–water partition coefficient (Wildman–Crippen LogP) is 4.27. The van der Waals surface area contributed by atoms with Crippen molar-refractivity contribution in [3.8, 4) is 0 Å². The molecular weight excluding hydrogens is 349 g/mol. The second-order valence-electron chi connectivity index (χ2n) is 4.69. The summed E-state index contributed by atoms with van der Waals surface area (Å²) in [5.74, 6) is -1.18. The Morgan fingerprint density at radius 3 is 2.04 bits per heavy atom. The van der Waals surface area contributed by atoms with E-state index >= 15 is 0 Å². The van der Waals surface area contributed by atoms with E-state index < -0.39 is 28.8 Å². The number of benzene rings is 2. The van der Waals surface area contributed by atoms with Crippen LogP contribution in [0.1, 0.15) is 15.9 Å². The molecule has 3 N–H and O–H groups in total. The van der Waals surface area contributed by atoms with Gasteiger partial charge in [-0.05, 0) is 42.5 Å². The summed E-state index contributed by atoms with van der Waals surface area (Å²) in [4.78, 5) is 23.3. The van der Waals surface area contributed by atoms with Crippen LogP contribution in [0.2, 0.25) is 5.02 Å². The zero-order valence-electron chi connectivity index (χ0n) is 11.8. The van der Waals surface area contributed by atoms with E-state index in [-0.39, 0.29) is 16.9 Å². The van der Waals surface area contributed by atoms with Gasteiger partial charge in [-0.3, -0.25) is 4.90 Å². The number of carbonyl (C=O) groups is 2. The summed E-state index contributed by atoms with van der Waals surface area (Å²) in [5, 5.41) is 8.34. The number of hydrogen-bond acceptors (Lipinski definition) is 2. The van der Waals surface area contributed by atoms with Crippen LogP contribution in [-0.4, -0.2) is 17.1 Å². The molecule has 2 amide bonds. The lowest BCUT2D eigenvalue weighted by Gasteiger charge is -2.22. The zero-order valence-corrected chi connectivity index (χ0v) is 12.6. The van der Waals surface area contributed by atoms with Crippen molar-refractivity contribution in [1.82, 2.24) is 0 Å². The minimum Gasteiger partial charge on any atom is -0.478 e. The Morgan fingerprint density at radius 1 is 1.04 bits per heavy atom. The summed E-state index contributed by atoms with van der Waals surface area (Å²) >= 11 is 5.55. The summed E-state index contributed by atoms with van der Waals surface area (Å²) in [7, 11) is 0. The number of carboxylic acids is 1. The highest BCUT2D eigenvalue weighted by Crippen LogP contribution is 2.38. The minimum atomic E-state index is -4.70. The molecule has 0 saturated heterocycles. The van der Waals surface area contributed by atoms with Gasteiger partial charge in [0.15, 0.2) is 0 Å². The lowest BCUT2D eigenvalue weighted by atomic mass is 10.1. The number of carbonyl (C=O) groups excluding carboxylic acids is 1. The van der Waals surface area contributed by atoms with Gasteiger partial charge in [0, 0.05) is 0 Å². The molecule has 0 saturated carbocycles. The quantitative estimate of drug-likeness (QED) is 0.859. The third-order valence-electron chi connectivity index (χ3n) is 3.11. The van der Waals surface area contributed by atoms with E-state index in [9.17, 15) is 22.8 Å². The summed E-state index contributed by atoms with van der Waals surface area (Å²) in [6.07, 6.45) is -4.70. The van der Waals surface area contributed by atoms with Crippen molar-refractivity contribution in [2.24, 2.45) is 5.73 Å². The van der Waals surface area contributed by atoms with Gasteiger partial charge in [0.25, 0.3) is 0 Å².